The Bertz CT molecular complexity index is 410. The number of anilines is 1. The lowest BCUT2D eigenvalue weighted by molar-refractivity contribution is -0.122. The van der Waals surface area contributed by atoms with E-state index in [1.807, 2.05) is 30.9 Å². The number of likely N-dealkylation sites (N-methyl/N-ethyl adjacent to an activating group) is 1. The second-order valence-corrected chi connectivity index (χ2v) is 5.41. The van der Waals surface area contributed by atoms with Crippen LogP contribution in [-0.4, -0.2) is 46.8 Å². The van der Waals surface area contributed by atoms with Crippen molar-refractivity contribution in [1.29, 1.82) is 0 Å². The van der Waals surface area contributed by atoms with Gasteiger partial charge in [-0.1, -0.05) is 6.07 Å². The van der Waals surface area contributed by atoms with Crippen LogP contribution in [0, 0.1) is 0 Å². The van der Waals surface area contributed by atoms with Gasteiger partial charge in [0, 0.05) is 36.2 Å². The molecular formula is C12H17N3OS. The summed E-state index contributed by atoms with van der Waals surface area (Å²) in [7, 11) is 2.01. The number of aromatic nitrogens is 1. The largest absolute Gasteiger partial charge is 0.383 e. The molecule has 0 spiro atoms. The molecule has 2 heterocycles. The van der Waals surface area contributed by atoms with Crippen LogP contribution in [0.2, 0.25) is 0 Å². The van der Waals surface area contributed by atoms with Gasteiger partial charge in [-0.05, 0) is 13.1 Å². The van der Waals surface area contributed by atoms with Crippen LogP contribution in [0.15, 0.2) is 18.3 Å². The summed E-state index contributed by atoms with van der Waals surface area (Å²) in [5.41, 5.74) is 6.59. The van der Waals surface area contributed by atoms with Crippen molar-refractivity contribution in [2.24, 2.45) is 0 Å². The highest BCUT2D eigenvalue weighted by Gasteiger charge is 2.26. The van der Waals surface area contributed by atoms with Crippen molar-refractivity contribution in [2.45, 2.75) is 12.5 Å². The Balaban J connectivity index is 2.03. The molecule has 0 saturated carbocycles. The van der Waals surface area contributed by atoms with E-state index in [-0.39, 0.29) is 11.8 Å². The first-order chi connectivity index (χ1) is 8.18. The molecule has 1 aliphatic heterocycles. The number of rotatable bonds is 3. The van der Waals surface area contributed by atoms with Gasteiger partial charge in [0.25, 0.3) is 0 Å². The summed E-state index contributed by atoms with van der Waals surface area (Å²) in [4.78, 5) is 18.3. The Morgan fingerprint density at radius 1 is 1.71 bits per heavy atom. The van der Waals surface area contributed by atoms with E-state index in [1.54, 1.807) is 6.20 Å². The molecule has 0 aliphatic carbocycles. The summed E-state index contributed by atoms with van der Waals surface area (Å²) in [6.07, 6.45) is 2.03. The fourth-order valence-electron chi connectivity index (χ4n) is 1.93. The molecule has 0 radical (unpaired) electrons. The maximum atomic E-state index is 12.2. The lowest BCUT2D eigenvalue weighted by atomic mass is 10.0. The van der Waals surface area contributed by atoms with Gasteiger partial charge in [-0.3, -0.25) is 9.69 Å². The van der Waals surface area contributed by atoms with E-state index < -0.39 is 0 Å². The first-order valence-electron chi connectivity index (χ1n) is 5.68. The van der Waals surface area contributed by atoms with Crippen molar-refractivity contribution in [3.05, 3.63) is 23.9 Å². The Labute approximate surface area is 106 Å². The number of nitrogen functional groups attached to an aromatic ring is 1. The van der Waals surface area contributed by atoms with E-state index in [9.17, 15) is 4.79 Å². The first kappa shape index (κ1) is 12.4. The van der Waals surface area contributed by atoms with E-state index >= 15 is 0 Å². The minimum Gasteiger partial charge on any atom is -0.383 e. The highest BCUT2D eigenvalue weighted by atomic mass is 32.2. The van der Waals surface area contributed by atoms with Crippen LogP contribution in [0.25, 0.3) is 0 Å². The molecule has 1 aromatic heterocycles. The number of ketones is 1. The van der Waals surface area contributed by atoms with Gasteiger partial charge in [-0.2, -0.15) is 11.8 Å². The van der Waals surface area contributed by atoms with Gasteiger partial charge in [0.1, 0.15) is 5.82 Å². The Hall–Kier alpha value is -1.07. The number of nitrogens with two attached hydrogens (primary N) is 1. The SMILES string of the molecule is CN1CCSCC1C(=O)Cc1cccnc1N. The average Bonchev–Trinajstić information content (AvgIpc) is 2.32. The monoisotopic (exact) mass is 251 g/mol. The molecule has 1 saturated heterocycles. The molecule has 5 heteroatoms. The molecule has 1 atom stereocenters. The lowest BCUT2D eigenvalue weighted by Gasteiger charge is -2.30. The zero-order chi connectivity index (χ0) is 12.3. The van der Waals surface area contributed by atoms with E-state index in [0.717, 1.165) is 23.6 Å². The van der Waals surface area contributed by atoms with E-state index in [0.29, 0.717) is 12.2 Å². The van der Waals surface area contributed by atoms with Crippen LogP contribution in [0.5, 0.6) is 0 Å². The molecule has 0 aromatic carbocycles. The zero-order valence-electron chi connectivity index (χ0n) is 9.93. The number of Topliss-reactive ketones (excluding diaryl/α,β-unsaturated/α-hetero) is 1. The summed E-state index contributed by atoms with van der Waals surface area (Å²) in [5, 5.41) is 0. The number of carbonyl (C=O) groups is 1. The second-order valence-electron chi connectivity index (χ2n) is 4.26. The predicted molar refractivity (Wildman–Crippen MR) is 71.1 cm³/mol. The molecule has 0 amide bonds. The third-order valence-corrected chi connectivity index (χ3v) is 4.08. The smallest absolute Gasteiger partial charge is 0.155 e. The van der Waals surface area contributed by atoms with Gasteiger partial charge in [0.15, 0.2) is 5.78 Å². The maximum absolute atomic E-state index is 12.2. The van der Waals surface area contributed by atoms with Crippen LogP contribution in [-0.2, 0) is 11.2 Å². The van der Waals surface area contributed by atoms with E-state index in [4.69, 9.17) is 5.73 Å². The Morgan fingerprint density at radius 3 is 3.24 bits per heavy atom. The summed E-state index contributed by atoms with van der Waals surface area (Å²) in [5.74, 6) is 2.69. The number of pyridine rings is 1. The van der Waals surface area contributed by atoms with Crippen molar-refractivity contribution in [2.75, 3.05) is 30.8 Å². The van der Waals surface area contributed by atoms with Crippen LogP contribution >= 0.6 is 11.8 Å². The van der Waals surface area contributed by atoms with Gasteiger partial charge < -0.3 is 5.73 Å². The molecule has 4 nitrogen and oxygen atoms in total. The first-order valence-corrected chi connectivity index (χ1v) is 6.84. The number of nitrogens with zero attached hydrogens (tertiary/aromatic N) is 2. The van der Waals surface area contributed by atoms with Crippen molar-refractivity contribution < 1.29 is 4.79 Å². The van der Waals surface area contributed by atoms with Gasteiger partial charge in [-0.25, -0.2) is 4.98 Å². The lowest BCUT2D eigenvalue weighted by Crippen LogP contribution is -2.45. The molecule has 17 heavy (non-hydrogen) atoms. The minimum atomic E-state index is 0.0216. The molecule has 1 fully saturated rings. The van der Waals surface area contributed by atoms with E-state index in [2.05, 4.69) is 9.88 Å². The molecule has 1 aliphatic rings. The van der Waals surface area contributed by atoms with Gasteiger partial charge in [-0.15, -0.1) is 0 Å². The molecule has 2 rings (SSSR count). The quantitative estimate of drug-likeness (QED) is 0.862. The minimum absolute atomic E-state index is 0.0216. The highest BCUT2D eigenvalue weighted by molar-refractivity contribution is 7.99. The van der Waals surface area contributed by atoms with Crippen molar-refractivity contribution in [3.8, 4) is 0 Å². The Morgan fingerprint density at radius 2 is 2.53 bits per heavy atom. The number of carbonyl (C=O) groups excluding carboxylic acids is 1. The van der Waals surface area contributed by atoms with E-state index in [1.165, 1.54) is 0 Å². The van der Waals surface area contributed by atoms with Crippen LogP contribution in [0.3, 0.4) is 0 Å². The van der Waals surface area contributed by atoms with Gasteiger partial charge in [0.05, 0.1) is 6.04 Å². The summed E-state index contributed by atoms with van der Waals surface area (Å²) < 4.78 is 0. The van der Waals surface area contributed by atoms with Crippen molar-refractivity contribution >= 4 is 23.4 Å². The number of hydrogen-bond donors (Lipinski definition) is 1. The fraction of sp³-hybridized carbons (Fsp3) is 0.500. The third kappa shape index (κ3) is 2.98. The molecule has 1 unspecified atom stereocenters. The van der Waals surface area contributed by atoms with Crippen LogP contribution in [0.1, 0.15) is 5.56 Å². The average molecular weight is 251 g/mol. The predicted octanol–water partition coefficient (Wildman–Crippen LogP) is 0.823. The van der Waals surface area contributed by atoms with Crippen LogP contribution < -0.4 is 5.73 Å². The highest BCUT2D eigenvalue weighted by Crippen LogP contribution is 2.18. The molecule has 1 aromatic rings. The Kier molecular flexibility index (Phi) is 4.02. The third-order valence-electron chi connectivity index (χ3n) is 3.06. The molecule has 2 N–H and O–H groups in total. The standard InChI is InChI=1S/C12H17N3OS/c1-15-5-6-17-8-10(15)11(16)7-9-3-2-4-14-12(9)13/h2-4,10H,5-8H2,1H3,(H2,13,14). The zero-order valence-corrected chi connectivity index (χ0v) is 10.7. The van der Waals surface area contributed by atoms with Crippen molar-refractivity contribution in [3.63, 3.8) is 0 Å². The fourth-order valence-corrected chi connectivity index (χ4v) is 3.18. The molecular weight excluding hydrogens is 234 g/mol. The summed E-state index contributed by atoms with van der Waals surface area (Å²) in [6, 6.07) is 3.71. The molecule has 0 bridgehead atoms. The summed E-state index contributed by atoms with van der Waals surface area (Å²) >= 11 is 1.84. The number of hydrogen-bond acceptors (Lipinski definition) is 5. The maximum Gasteiger partial charge on any atom is 0.155 e. The van der Waals surface area contributed by atoms with Crippen molar-refractivity contribution in [1.82, 2.24) is 9.88 Å². The number of thioether (sulfide) groups is 1. The van der Waals surface area contributed by atoms with Crippen LogP contribution in [0.4, 0.5) is 5.82 Å². The van der Waals surface area contributed by atoms with Gasteiger partial charge in [0.2, 0.25) is 0 Å². The second kappa shape index (κ2) is 5.51. The summed E-state index contributed by atoms with van der Waals surface area (Å²) in [6.45, 7) is 0.976. The normalized spacial score (nSPS) is 21.4. The topological polar surface area (TPSA) is 59.2 Å². The molecule has 92 valence electrons. The van der Waals surface area contributed by atoms with Gasteiger partial charge >= 0.3 is 0 Å².